The summed E-state index contributed by atoms with van der Waals surface area (Å²) < 4.78 is 49.4. The average molecular weight is 587 g/mol. The number of benzene rings is 2. The lowest BCUT2D eigenvalue weighted by Crippen LogP contribution is -2.48. The maximum atomic E-state index is 13.7. The molecule has 9 nitrogen and oxygen atoms in total. The fourth-order valence-corrected chi connectivity index (χ4v) is 5.52. The number of carbonyl (C=O) groups is 2. The van der Waals surface area contributed by atoms with Gasteiger partial charge in [0.05, 0.1) is 25.5 Å². The zero-order chi connectivity index (χ0) is 30.5. The van der Waals surface area contributed by atoms with Gasteiger partial charge in [-0.3, -0.25) is 9.69 Å². The van der Waals surface area contributed by atoms with Crippen LogP contribution < -0.4 is 4.74 Å². The molecule has 220 valence electrons. The molecule has 0 aliphatic carbocycles. The minimum absolute atomic E-state index is 0.0329. The van der Waals surface area contributed by atoms with Crippen molar-refractivity contribution in [2.45, 2.75) is 45.0 Å². The largest absolute Gasteiger partial charge is 0.481 e. The molecule has 1 unspecified atom stereocenters. The molecule has 0 fully saturated rings. The van der Waals surface area contributed by atoms with Crippen molar-refractivity contribution in [3.8, 4) is 17.0 Å². The highest BCUT2D eigenvalue weighted by molar-refractivity contribution is 7.90. The van der Waals surface area contributed by atoms with Crippen LogP contribution >= 0.6 is 0 Å². The molecule has 0 saturated carbocycles. The van der Waals surface area contributed by atoms with Crippen molar-refractivity contribution in [3.63, 3.8) is 0 Å². The highest BCUT2D eigenvalue weighted by atomic mass is 32.2. The third-order valence-corrected chi connectivity index (χ3v) is 8.25. The molecule has 11 heteroatoms. The summed E-state index contributed by atoms with van der Waals surface area (Å²) in [5.41, 5.74) is 1.19. The molecule has 0 spiro atoms. The van der Waals surface area contributed by atoms with Crippen molar-refractivity contribution >= 4 is 21.7 Å². The third kappa shape index (κ3) is 7.47. The van der Waals surface area contributed by atoms with Gasteiger partial charge in [-0.1, -0.05) is 19.1 Å². The molecule has 1 heterocycles. The number of ketones is 1. The first-order valence-corrected chi connectivity index (χ1v) is 14.7. The van der Waals surface area contributed by atoms with Gasteiger partial charge in [-0.2, -0.15) is 0 Å². The molecule has 2 aromatic carbocycles. The van der Waals surface area contributed by atoms with Crippen molar-refractivity contribution < 1.29 is 37.0 Å². The van der Waals surface area contributed by atoms with E-state index in [-0.39, 0.29) is 35.1 Å². The lowest BCUT2D eigenvalue weighted by atomic mass is 9.88. The van der Waals surface area contributed by atoms with Crippen molar-refractivity contribution in [2.75, 3.05) is 26.6 Å². The highest BCUT2D eigenvalue weighted by Crippen LogP contribution is 2.39. The summed E-state index contributed by atoms with van der Waals surface area (Å²) in [5.74, 6) is -1.04. The van der Waals surface area contributed by atoms with Gasteiger partial charge in [0.2, 0.25) is 5.88 Å². The van der Waals surface area contributed by atoms with Crippen molar-refractivity contribution in [1.82, 2.24) is 9.88 Å². The van der Waals surface area contributed by atoms with Gasteiger partial charge >= 0.3 is 6.09 Å². The van der Waals surface area contributed by atoms with Crippen LogP contribution in [-0.4, -0.2) is 67.4 Å². The van der Waals surface area contributed by atoms with E-state index in [1.165, 1.54) is 55.6 Å². The molecule has 1 aromatic heterocycles. The number of pyridine rings is 1. The Hall–Kier alpha value is -3.83. The molecule has 41 heavy (non-hydrogen) atoms. The predicted octanol–water partition coefficient (Wildman–Crippen LogP) is 5.53. The van der Waals surface area contributed by atoms with Gasteiger partial charge in [0.25, 0.3) is 0 Å². The topological polar surface area (TPSA) is 123 Å². The summed E-state index contributed by atoms with van der Waals surface area (Å²) in [5, 5.41) is 10.2. The Kier molecular flexibility index (Phi) is 9.88. The fourth-order valence-electron chi connectivity index (χ4n) is 4.63. The van der Waals surface area contributed by atoms with E-state index >= 15 is 0 Å². The van der Waals surface area contributed by atoms with Crippen molar-refractivity contribution in [1.29, 1.82) is 0 Å². The van der Waals surface area contributed by atoms with Gasteiger partial charge in [-0.25, -0.2) is 22.6 Å². The Bertz CT molecular complexity index is 1520. The van der Waals surface area contributed by atoms with Crippen LogP contribution in [0.5, 0.6) is 5.88 Å². The van der Waals surface area contributed by atoms with Crippen LogP contribution in [0.4, 0.5) is 9.18 Å². The minimum Gasteiger partial charge on any atom is -0.481 e. The molecule has 0 bridgehead atoms. The Labute approximate surface area is 239 Å². The van der Waals surface area contributed by atoms with Crippen LogP contribution in [0.2, 0.25) is 0 Å². The van der Waals surface area contributed by atoms with E-state index < -0.39 is 39.1 Å². The van der Waals surface area contributed by atoms with E-state index in [4.69, 9.17) is 9.47 Å². The normalized spacial score (nSPS) is 12.6. The molecule has 0 aliphatic heterocycles. The minimum atomic E-state index is -3.42. The predicted molar refractivity (Wildman–Crippen MR) is 153 cm³/mol. The number of nitrogens with zero attached hydrogens (tertiary/aromatic N) is 2. The maximum absolute atomic E-state index is 13.7. The number of methoxy groups -OCH3 is 2. The van der Waals surface area contributed by atoms with Crippen LogP contribution in [0, 0.1) is 5.82 Å². The first-order chi connectivity index (χ1) is 19.2. The van der Waals surface area contributed by atoms with Crippen LogP contribution in [0.3, 0.4) is 0 Å². The Balaban J connectivity index is 2.38. The molecule has 0 saturated heterocycles. The molecule has 1 atom stereocenters. The van der Waals surface area contributed by atoms with E-state index in [1.807, 2.05) is 0 Å². The van der Waals surface area contributed by atoms with Crippen molar-refractivity contribution in [2.24, 2.45) is 0 Å². The molecule has 0 aliphatic rings. The molecule has 0 radical (unpaired) electrons. The molecule has 3 rings (SSSR count). The average Bonchev–Trinajstić information content (AvgIpc) is 2.91. The van der Waals surface area contributed by atoms with Crippen LogP contribution in [0.1, 0.15) is 60.8 Å². The summed E-state index contributed by atoms with van der Waals surface area (Å²) in [4.78, 5) is 31.9. The SMILES string of the molecule is CCS(=O)(=O)Cc1ccc(C(=O)c2ccc(F)cc2)c(-c2cnc(OC)cc2C(COC)N(C(=O)O)C(C)(C)C)c1. The van der Waals surface area contributed by atoms with Gasteiger partial charge < -0.3 is 14.6 Å². The summed E-state index contributed by atoms with van der Waals surface area (Å²) in [6.07, 6.45) is 0.278. The second-order valence-electron chi connectivity index (χ2n) is 10.5. The number of carbonyl (C=O) groups excluding carboxylic acids is 1. The number of sulfone groups is 1. The zero-order valence-electron chi connectivity index (χ0n) is 24.0. The summed E-state index contributed by atoms with van der Waals surface area (Å²) >= 11 is 0. The smallest absolute Gasteiger partial charge is 0.408 e. The molecule has 3 aromatic rings. The zero-order valence-corrected chi connectivity index (χ0v) is 24.8. The van der Waals surface area contributed by atoms with Gasteiger partial charge in [0.15, 0.2) is 15.6 Å². The van der Waals surface area contributed by atoms with Crippen molar-refractivity contribution in [3.05, 3.63) is 82.8 Å². The van der Waals surface area contributed by atoms with E-state index in [9.17, 15) is 27.5 Å². The molecular weight excluding hydrogens is 551 g/mol. The lowest BCUT2D eigenvalue weighted by molar-refractivity contribution is 0.0338. The monoisotopic (exact) mass is 586 g/mol. The number of rotatable bonds is 11. The third-order valence-electron chi connectivity index (χ3n) is 6.60. The number of carboxylic acid groups (broad SMARTS) is 1. The second-order valence-corrected chi connectivity index (χ2v) is 12.9. The fraction of sp³-hybridized carbons (Fsp3) is 0.367. The number of halogens is 1. The highest BCUT2D eigenvalue weighted by Gasteiger charge is 2.36. The van der Waals surface area contributed by atoms with E-state index in [0.29, 0.717) is 22.3 Å². The first-order valence-electron chi connectivity index (χ1n) is 12.9. The van der Waals surface area contributed by atoms with Gasteiger partial charge in [-0.05, 0) is 67.8 Å². The molecular formula is C30H35FN2O7S. The first kappa shape index (κ1) is 31.7. The number of amides is 1. The van der Waals surface area contributed by atoms with Gasteiger partial charge in [-0.15, -0.1) is 0 Å². The van der Waals surface area contributed by atoms with Crippen LogP contribution in [0.15, 0.2) is 54.7 Å². The number of aromatic nitrogens is 1. The van der Waals surface area contributed by atoms with E-state index in [0.717, 1.165) is 0 Å². The van der Waals surface area contributed by atoms with Gasteiger partial charge in [0.1, 0.15) is 5.82 Å². The quantitative estimate of drug-likeness (QED) is 0.291. The number of hydrogen-bond donors (Lipinski definition) is 1. The lowest BCUT2D eigenvalue weighted by Gasteiger charge is -2.40. The summed E-state index contributed by atoms with van der Waals surface area (Å²) in [6.45, 7) is 6.77. The van der Waals surface area contributed by atoms with E-state index in [1.54, 1.807) is 45.9 Å². The standard InChI is InChI=1S/C30H35FN2O7S/c1-7-41(37,38)18-19-8-13-22(28(34)20-9-11-21(31)12-10-20)23(14-19)25-16-32-27(40-6)15-24(25)26(17-39-5)33(29(35)36)30(2,3)4/h8-16,26H,7,17-18H2,1-6H3,(H,35,36). The van der Waals surface area contributed by atoms with Gasteiger partial charge in [0, 0.05) is 47.4 Å². The second kappa shape index (κ2) is 12.8. The Morgan fingerprint density at radius 3 is 2.24 bits per heavy atom. The van der Waals surface area contributed by atoms with Crippen LogP contribution in [0.25, 0.3) is 11.1 Å². The Morgan fingerprint density at radius 1 is 1.05 bits per heavy atom. The molecule has 1 N–H and O–H groups in total. The molecule has 1 amide bonds. The Morgan fingerprint density at radius 2 is 1.71 bits per heavy atom. The summed E-state index contributed by atoms with van der Waals surface area (Å²) in [6, 6.07) is 10.5. The summed E-state index contributed by atoms with van der Waals surface area (Å²) in [7, 11) is -0.541. The van der Waals surface area contributed by atoms with E-state index in [2.05, 4.69) is 4.98 Å². The maximum Gasteiger partial charge on any atom is 0.408 e. The number of ether oxygens (including phenoxy) is 2. The van der Waals surface area contributed by atoms with Crippen LogP contribution in [-0.2, 0) is 20.3 Å². The number of hydrogen-bond acceptors (Lipinski definition) is 7.